The van der Waals surface area contributed by atoms with Crippen LogP contribution in [-0.2, 0) is 9.53 Å². The summed E-state index contributed by atoms with van der Waals surface area (Å²) in [7, 11) is 0. The van der Waals surface area contributed by atoms with Gasteiger partial charge in [0.25, 0.3) is 5.69 Å². The molecular formula is C17H23N3O5. The van der Waals surface area contributed by atoms with E-state index in [0.29, 0.717) is 30.6 Å². The van der Waals surface area contributed by atoms with E-state index >= 15 is 0 Å². The molecule has 1 aromatic carbocycles. The number of nitrogens with zero attached hydrogens (tertiary/aromatic N) is 2. The number of rotatable bonds is 3. The minimum absolute atomic E-state index is 0.0618. The molecule has 8 nitrogen and oxygen atoms in total. The van der Waals surface area contributed by atoms with E-state index in [1.54, 1.807) is 39.8 Å². The Kier molecular flexibility index (Phi) is 5.30. The molecule has 0 aliphatic carbocycles. The minimum Gasteiger partial charge on any atom is -0.444 e. The van der Waals surface area contributed by atoms with Gasteiger partial charge < -0.3 is 10.1 Å². The molecule has 1 aliphatic heterocycles. The van der Waals surface area contributed by atoms with Crippen molar-refractivity contribution in [1.29, 1.82) is 0 Å². The Bertz CT molecular complexity index is 696. The zero-order valence-electron chi connectivity index (χ0n) is 14.9. The van der Waals surface area contributed by atoms with Gasteiger partial charge in [0.2, 0.25) is 5.91 Å². The predicted molar refractivity (Wildman–Crippen MR) is 92.4 cm³/mol. The Balaban J connectivity index is 2.11. The number of ether oxygens (including phenoxy) is 1. The fourth-order valence-electron chi connectivity index (χ4n) is 2.69. The average molecular weight is 349 g/mol. The Morgan fingerprint density at radius 2 is 2.04 bits per heavy atom. The second kappa shape index (κ2) is 7.08. The SMILES string of the molecule is Cc1ccc(NC(=O)C2CCCN2C(=O)OC(C)(C)C)cc1[N+](=O)[O-]. The zero-order chi connectivity index (χ0) is 18.8. The van der Waals surface area contributed by atoms with Crippen molar-refractivity contribution in [2.75, 3.05) is 11.9 Å². The molecule has 0 bridgehead atoms. The van der Waals surface area contributed by atoms with E-state index in [9.17, 15) is 19.7 Å². The van der Waals surface area contributed by atoms with E-state index in [-0.39, 0.29) is 11.6 Å². The van der Waals surface area contributed by atoms with Gasteiger partial charge in [-0.05, 0) is 46.6 Å². The van der Waals surface area contributed by atoms with Crippen molar-refractivity contribution in [1.82, 2.24) is 4.90 Å². The molecule has 1 heterocycles. The van der Waals surface area contributed by atoms with Crippen molar-refractivity contribution in [2.45, 2.75) is 52.2 Å². The number of anilines is 1. The number of carbonyl (C=O) groups is 2. The molecule has 0 aromatic heterocycles. The van der Waals surface area contributed by atoms with E-state index in [1.165, 1.54) is 11.0 Å². The van der Waals surface area contributed by atoms with Gasteiger partial charge >= 0.3 is 6.09 Å². The molecule has 0 spiro atoms. The quantitative estimate of drug-likeness (QED) is 0.667. The van der Waals surface area contributed by atoms with Crippen molar-refractivity contribution in [3.05, 3.63) is 33.9 Å². The van der Waals surface area contributed by atoms with Crippen LogP contribution < -0.4 is 5.32 Å². The lowest BCUT2D eigenvalue weighted by molar-refractivity contribution is -0.385. The molecule has 1 unspecified atom stereocenters. The zero-order valence-corrected chi connectivity index (χ0v) is 14.9. The van der Waals surface area contributed by atoms with E-state index < -0.39 is 22.7 Å². The third kappa shape index (κ3) is 4.68. The molecule has 2 rings (SSSR count). The van der Waals surface area contributed by atoms with Gasteiger partial charge in [-0.15, -0.1) is 0 Å². The average Bonchev–Trinajstić information content (AvgIpc) is 2.97. The van der Waals surface area contributed by atoms with Gasteiger partial charge in [-0.2, -0.15) is 0 Å². The molecule has 1 fully saturated rings. The van der Waals surface area contributed by atoms with Crippen LogP contribution in [-0.4, -0.2) is 40.0 Å². The predicted octanol–water partition coefficient (Wildman–Crippen LogP) is 3.24. The van der Waals surface area contributed by atoms with Crippen LogP contribution in [0.1, 0.15) is 39.2 Å². The smallest absolute Gasteiger partial charge is 0.410 e. The normalized spacial score (nSPS) is 17.3. The lowest BCUT2D eigenvalue weighted by Gasteiger charge is -2.28. The third-order valence-electron chi connectivity index (χ3n) is 3.86. The summed E-state index contributed by atoms with van der Waals surface area (Å²) in [5.41, 5.74) is 0.143. The molecular weight excluding hydrogens is 326 g/mol. The monoisotopic (exact) mass is 349 g/mol. The number of benzene rings is 1. The molecule has 1 saturated heterocycles. The summed E-state index contributed by atoms with van der Waals surface area (Å²) in [6.07, 6.45) is 0.699. The molecule has 1 aliphatic rings. The number of carbonyl (C=O) groups excluding carboxylic acids is 2. The van der Waals surface area contributed by atoms with Gasteiger partial charge in [0.05, 0.1) is 4.92 Å². The largest absolute Gasteiger partial charge is 0.444 e. The molecule has 0 radical (unpaired) electrons. The van der Waals surface area contributed by atoms with E-state index in [1.807, 2.05) is 0 Å². The maximum atomic E-state index is 12.5. The van der Waals surface area contributed by atoms with Crippen molar-refractivity contribution in [3.8, 4) is 0 Å². The summed E-state index contributed by atoms with van der Waals surface area (Å²) in [6.45, 7) is 7.37. The first-order chi connectivity index (χ1) is 11.6. The fourth-order valence-corrected chi connectivity index (χ4v) is 2.69. The van der Waals surface area contributed by atoms with Crippen LogP contribution in [0.3, 0.4) is 0 Å². The number of nitro benzene ring substituents is 1. The molecule has 8 heteroatoms. The number of nitrogens with one attached hydrogen (secondary N) is 1. The van der Waals surface area contributed by atoms with Crippen LogP contribution in [0.5, 0.6) is 0 Å². The molecule has 1 N–H and O–H groups in total. The Morgan fingerprint density at radius 1 is 1.36 bits per heavy atom. The molecule has 25 heavy (non-hydrogen) atoms. The maximum Gasteiger partial charge on any atom is 0.410 e. The first-order valence-corrected chi connectivity index (χ1v) is 8.14. The molecule has 0 saturated carbocycles. The number of likely N-dealkylation sites (tertiary alicyclic amines) is 1. The summed E-state index contributed by atoms with van der Waals surface area (Å²) in [5.74, 6) is -0.374. The van der Waals surface area contributed by atoms with E-state index in [0.717, 1.165) is 0 Å². The van der Waals surface area contributed by atoms with Crippen LogP contribution in [0, 0.1) is 17.0 Å². The molecule has 1 atom stereocenters. The van der Waals surface area contributed by atoms with E-state index in [2.05, 4.69) is 5.32 Å². The lowest BCUT2D eigenvalue weighted by Crippen LogP contribution is -2.45. The lowest BCUT2D eigenvalue weighted by atomic mass is 10.1. The molecule has 1 aromatic rings. The van der Waals surface area contributed by atoms with Crippen LogP contribution in [0.25, 0.3) is 0 Å². The number of hydrogen-bond donors (Lipinski definition) is 1. The van der Waals surface area contributed by atoms with Crippen molar-refractivity contribution >= 4 is 23.4 Å². The number of nitro groups is 1. The standard InChI is InChI=1S/C17H23N3O5/c1-11-7-8-12(10-14(11)20(23)24)18-15(21)13-6-5-9-19(13)16(22)25-17(2,3)4/h7-8,10,13H,5-6,9H2,1-4H3,(H,18,21). The fraction of sp³-hybridized carbons (Fsp3) is 0.529. The highest BCUT2D eigenvalue weighted by Gasteiger charge is 2.36. The van der Waals surface area contributed by atoms with E-state index in [4.69, 9.17) is 4.74 Å². The Hall–Kier alpha value is -2.64. The van der Waals surface area contributed by atoms with Gasteiger partial charge in [-0.3, -0.25) is 19.8 Å². The highest BCUT2D eigenvalue weighted by Crippen LogP contribution is 2.25. The highest BCUT2D eigenvalue weighted by atomic mass is 16.6. The van der Waals surface area contributed by atoms with Crippen molar-refractivity contribution in [3.63, 3.8) is 0 Å². The van der Waals surface area contributed by atoms with Gasteiger partial charge in [-0.1, -0.05) is 6.07 Å². The van der Waals surface area contributed by atoms with Gasteiger partial charge in [-0.25, -0.2) is 4.79 Å². The Morgan fingerprint density at radius 3 is 2.64 bits per heavy atom. The topological polar surface area (TPSA) is 102 Å². The number of hydrogen-bond acceptors (Lipinski definition) is 5. The first-order valence-electron chi connectivity index (χ1n) is 8.14. The van der Waals surface area contributed by atoms with Crippen LogP contribution in [0.15, 0.2) is 18.2 Å². The highest BCUT2D eigenvalue weighted by molar-refractivity contribution is 5.97. The number of amides is 2. The van der Waals surface area contributed by atoms with Crippen LogP contribution in [0.4, 0.5) is 16.2 Å². The summed E-state index contributed by atoms with van der Waals surface area (Å²) in [5, 5.41) is 13.7. The van der Waals surface area contributed by atoms with Crippen LogP contribution >= 0.6 is 0 Å². The first kappa shape index (κ1) is 18.7. The van der Waals surface area contributed by atoms with Gasteiger partial charge in [0.15, 0.2) is 0 Å². The Labute approximate surface area is 146 Å². The minimum atomic E-state index is -0.643. The van der Waals surface area contributed by atoms with Crippen molar-refractivity contribution in [2.24, 2.45) is 0 Å². The second-order valence-electron chi connectivity index (χ2n) is 7.08. The summed E-state index contributed by atoms with van der Waals surface area (Å²) in [4.78, 5) is 36.7. The number of aryl methyl sites for hydroxylation is 1. The summed E-state index contributed by atoms with van der Waals surface area (Å²) >= 11 is 0. The van der Waals surface area contributed by atoms with Crippen molar-refractivity contribution < 1.29 is 19.2 Å². The second-order valence-corrected chi connectivity index (χ2v) is 7.08. The molecule has 2 amide bonds. The maximum absolute atomic E-state index is 12.5. The summed E-state index contributed by atoms with van der Waals surface area (Å²) < 4.78 is 5.34. The third-order valence-corrected chi connectivity index (χ3v) is 3.86. The summed E-state index contributed by atoms with van der Waals surface area (Å²) in [6, 6.07) is 3.86. The van der Waals surface area contributed by atoms with Gasteiger partial charge in [0, 0.05) is 23.9 Å². The van der Waals surface area contributed by atoms with Crippen LogP contribution in [0.2, 0.25) is 0 Å². The van der Waals surface area contributed by atoms with Gasteiger partial charge in [0.1, 0.15) is 11.6 Å². The molecule has 136 valence electrons.